The van der Waals surface area contributed by atoms with Crippen molar-refractivity contribution in [1.29, 1.82) is 0 Å². The summed E-state index contributed by atoms with van der Waals surface area (Å²) in [5.41, 5.74) is -1.29. The van der Waals surface area contributed by atoms with Gasteiger partial charge in [-0.2, -0.15) is 4.31 Å². The number of hydrogen-bond donors (Lipinski definition) is 0. The van der Waals surface area contributed by atoms with Crippen LogP contribution in [0.15, 0.2) is 29.2 Å². The Morgan fingerprint density at radius 3 is 2.30 bits per heavy atom. The number of para-hydroxylation sites is 1. The summed E-state index contributed by atoms with van der Waals surface area (Å²) in [4.78, 5) is 36.7. The Bertz CT molecular complexity index is 938. The molecule has 2 rings (SSSR count). The molecular weight excluding hydrogens is 414 g/mol. The Morgan fingerprint density at radius 2 is 1.80 bits per heavy atom. The van der Waals surface area contributed by atoms with Crippen LogP contribution in [0.4, 0.5) is 5.69 Å². The van der Waals surface area contributed by atoms with Crippen LogP contribution >= 0.6 is 0 Å². The Hall–Kier alpha value is -2.53. The second kappa shape index (κ2) is 8.68. The van der Waals surface area contributed by atoms with Crippen LogP contribution in [-0.2, 0) is 24.3 Å². The minimum absolute atomic E-state index is 0.0270. The van der Waals surface area contributed by atoms with Crippen molar-refractivity contribution in [2.24, 2.45) is 5.92 Å². The molecule has 1 fully saturated rings. The van der Waals surface area contributed by atoms with Gasteiger partial charge < -0.3 is 9.64 Å². The Morgan fingerprint density at radius 1 is 1.20 bits per heavy atom. The number of hydrogen-bond acceptors (Lipinski definition) is 7. The smallest absolute Gasteiger partial charge is 0.329 e. The molecule has 1 saturated heterocycles. The molecule has 1 aromatic rings. The summed E-state index contributed by atoms with van der Waals surface area (Å²) in [5.74, 6) is -1.36. The van der Waals surface area contributed by atoms with Crippen molar-refractivity contribution in [2.75, 3.05) is 19.6 Å². The summed E-state index contributed by atoms with van der Waals surface area (Å²) >= 11 is 0. The van der Waals surface area contributed by atoms with Crippen LogP contribution in [0.2, 0.25) is 0 Å². The molecule has 11 heteroatoms. The van der Waals surface area contributed by atoms with E-state index in [1.807, 2.05) is 0 Å². The third-order valence-corrected chi connectivity index (χ3v) is 6.41. The van der Waals surface area contributed by atoms with E-state index in [0.29, 0.717) is 0 Å². The number of rotatable bonds is 6. The molecule has 1 aliphatic heterocycles. The summed E-state index contributed by atoms with van der Waals surface area (Å²) in [6.07, 6.45) is 0. The van der Waals surface area contributed by atoms with Gasteiger partial charge in [-0.25, -0.2) is 13.2 Å². The number of nitro benzene ring substituents is 1. The van der Waals surface area contributed by atoms with Gasteiger partial charge in [0.05, 0.1) is 11.5 Å². The molecule has 30 heavy (non-hydrogen) atoms. The van der Waals surface area contributed by atoms with Gasteiger partial charge in [0.2, 0.25) is 15.9 Å². The number of nitro groups is 1. The van der Waals surface area contributed by atoms with Crippen molar-refractivity contribution >= 4 is 27.6 Å². The first-order chi connectivity index (χ1) is 13.8. The summed E-state index contributed by atoms with van der Waals surface area (Å²) in [7, 11) is -4.26. The first-order valence-electron chi connectivity index (χ1n) is 9.51. The van der Waals surface area contributed by atoms with Crippen molar-refractivity contribution in [3.8, 4) is 0 Å². The van der Waals surface area contributed by atoms with E-state index in [4.69, 9.17) is 4.74 Å². The molecule has 0 N–H and O–H groups in total. The van der Waals surface area contributed by atoms with E-state index in [9.17, 15) is 28.1 Å². The lowest BCUT2D eigenvalue weighted by atomic mass is 10.0. The lowest BCUT2D eigenvalue weighted by molar-refractivity contribution is -0.387. The van der Waals surface area contributed by atoms with Crippen LogP contribution in [0.1, 0.15) is 34.6 Å². The first kappa shape index (κ1) is 23.7. The number of nitrogens with zero attached hydrogens (tertiary/aromatic N) is 3. The molecule has 0 radical (unpaired) electrons. The van der Waals surface area contributed by atoms with Crippen LogP contribution < -0.4 is 0 Å². The van der Waals surface area contributed by atoms with E-state index < -0.39 is 55.6 Å². The normalized spacial score (nSPS) is 17.1. The van der Waals surface area contributed by atoms with E-state index in [2.05, 4.69) is 0 Å². The maximum atomic E-state index is 12.9. The molecule has 0 aliphatic carbocycles. The van der Waals surface area contributed by atoms with Crippen LogP contribution in [0.5, 0.6) is 0 Å². The van der Waals surface area contributed by atoms with Gasteiger partial charge in [-0.1, -0.05) is 26.0 Å². The maximum Gasteiger partial charge on any atom is 0.329 e. The molecule has 0 bridgehead atoms. The van der Waals surface area contributed by atoms with Crippen molar-refractivity contribution in [2.45, 2.75) is 51.2 Å². The second-order valence-corrected chi connectivity index (χ2v) is 10.3. The highest BCUT2D eigenvalue weighted by Crippen LogP contribution is 2.28. The standard InChI is InChI=1S/C19H27N3O7S/c1-13(2)17(18(24)29-19(3,4)5)21-11-10-20(12-16(21)23)30(27,28)15-9-7-6-8-14(15)22(25)26/h6-9,13,17H,10-12H2,1-5H3/t17-/m0/s1. The van der Waals surface area contributed by atoms with Gasteiger partial charge in [0.1, 0.15) is 11.6 Å². The monoisotopic (exact) mass is 441 g/mol. The summed E-state index contributed by atoms with van der Waals surface area (Å²) in [6, 6.07) is 4.14. The predicted octanol–water partition coefficient (Wildman–Crippen LogP) is 1.79. The van der Waals surface area contributed by atoms with Gasteiger partial charge >= 0.3 is 5.97 Å². The highest BCUT2D eigenvalue weighted by molar-refractivity contribution is 7.89. The number of ether oxygens (including phenoxy) is 1. The molecule has 1 heterocycles. The van der Waals surface area contributed by atoms with E-state index in [1.54, 1.807) is 34.6 Å². The molecular formula is C19H27N3O7S. The minimum Gasteiger partial charge on any atom is -0.458 e. The number of amides is 1. The molecule has 0 aromatic heterocycles. The van der Waals surface area contributed by atoms with E-state index in [-0.39, 0.29) is 19.0 Å². The van der Waals surface area contributed by atoms with Gasteiger partial charge in [0.15, 0.2) is 4.90 Å². The number of carbonyl (C=O) groups is 2. The number of esters is 1. The predicted molar refractivity (Wildman–Crippen MR) is 108 cm³/mol. The fraction of sp³-hybridized carbons (Fsp3) is 0.579. The van der Waals surface area contributed by atoms with Gasteiger partial charge in [0.25, 0.3) is 5.69 Å². The molecule has 0 spiro atoms. The van der Waals surface area contributed by atoms with Crippen LogP contribution in [0, 0.1) is 16.0 Å². The lowest BCUT2D eigenvalue weighted by Gasteiger charge is -2.39. The topological polar surface area (TPSA) is 127 Å². The molecule has 166 valence electrons. The van der Waals surface area contributed by atoms with Gasteiger partial charge in [-0.05, 0) is 32.8 Å². The average molecular weight is 442 g/mol. The third kappa shape index (κ3) is 5.14. The highest BCUT2D eigenvalue weighted by atomic mass is 32.2. The van der Waals surface area contributed by atoms with Crippen LogP contribution in [0.25, 0.3) is 0 Å². The zero-order valence-corrected chi connectivity index (χ0v) is 18.5. The number of piperazine rings is 1. The number of carbonyl (C=O) groups excluding carboxylic acids is 2. The van der Waals surface area contributed by atoms with Gasteiger partial charge in [0, 0.05) is 19.2 Å². The summed E-state index contributed by atoms with van der Waals surface area (Å²) in [5, 5.41) is 11.2. The number of sulfonamides is 1. The fourth-order valence-corrected chi connectivity index (χ4v) is 4.79. The fourth-order valence-electron chi connectivity index (χ4n) is 3.25. The molecule has 1 amide bonds. The molecule has 0 unspecified atom stereocenters. The highest BCUT2D eigenvalue weighted by Gasteiger charge is 2.42. The van der Waals surface area contributed by atoms with E-state index >= 15 is 0 Å². The SMILES string of the molecule is CC(C)[C@@H](C(=O)OC(C)(C)C)N1CCN(S(=O)(=O)c2ccccc2[N+](=O)[O-])CC1=O. The zero-order chi connectivity index (χ0) is 22.9. The third-order valence-electron chi connectivity index (χ3n) is 4.52. The van der Waals surface area contributed by atoms with Crippen LogP contribution in [0.3, 0.4) is 0 Å². The lowest BCUT2D eigenvalue weighted by Crippen LogP contribution is -2.59. The average Bonchev–Trinajstić information content (AvgIpc) is 2.61. The quantitative estimate of drug-likeness (QED) is 0.374. The number of benzene rings is 1. The van der Waals surface area contributed by atoms with Crippen molar-refractivity contribution in [3.05, 3.63) is 34.4 Å². The zero-order valence-electron chi connectivity index (χ0n) is 17.7. The van der Waals surface area contributed by atoms with E-state index in [1.165, 1.54) is 17.0 Å². The first-order valence-corrected chi connectivity index (χ1v) is 11.0. The van der Waals surface area contributed by atoms with Gasteiger partial charge in [-0.15, -0.1) is 0 Å². The molecule has 1 aromatic carbocycles. The molecule has 1 aliphatic rings. The van der Waals surface area contributed by atoms with Crippen molar-refractivity contribution in [3.63, 3.8) is 0 Å². The van der Waals surface area contributed by atoms with E-state index in [0.717, 1.165) is 16.4 Å². The Balaban J connectivity index is 2.27. The Kier molecular flexibility index (Phi) is 6.87. The largest absolute Gasteiger partial charge is 0.458 e. The molecule has 10 nitrogen and oxygen atoms in total. The molecule has 0 saturated carbocycles. The Labute approximate surface area is 176 Å². The molecule has 1 atom stereocenters. The van der Waals surface area contributed by atoms with Gasteiger partial charge in [-0.3, -0.25) is 14.9 Å². The summed E-state index contributed by atoms with van der Waals surface area (Å²) in [6.45, 7) is 8.09. The second-order valence-electron chi connectivity index (χ2n) is 8.37. The van der Waals surface area contributed by atoms with Crippen molar-refractivity contribution in [1.82, 2.24) is 9.21 Å². The van der Waals surface area contributed by atoms with Crippen molar-refractivity contribution < 1.29 is 27.7 Å². The minimum atomic E-state index is -4.26. The summed E-state index contributed by atoms with van der Waals surface area (Å²) < 4.78 is 32.2. The maximum absolute atomic E-state index is 12.9. The van der Waals surface area contributed by atoms with Crippen LogP contribution in [-0.4, -0.2) is 65.7 Å².